The molecule has 11 nitrogen and oxygen atoms in total. The number of imide groups is 1. The van der Waals surface area contributed by atoms with E-state index in [4.69, 9.17) is 4.42 Å². The fraction of sp³-hybridized carbons (Fsp3) is 0.130. The number of aromatic nitrogens is 2. The minimum absolute atomic E-state index is 0.0334. The zero-order valence-corrected chi connectivity index (χ0v) is 17.5. The van der Waals surface area contributed by atoms with Crippen LogP contribution in [0.15, 0.2) is 52.9 Å². The molecule has 0 radical (unpaired) electrons. The topological polar surface area (TPSA) is 161 Å². The molecule has 34 heavy (non-hydrogen) atoms. The number of aromatic hydroxyl groups is 2. The number of phenolic OH excluding ortho intramolecular Hbond substituents is 1. The standard InChI is InChI=1S/C23H17N5O6/c29-14-3-1-12-9-28(20(31)15(12)7-14)10-23(21(32)24-22(33)25-23)18-6-13-5-11(2-4-17(13)34-18)16-8-19(30)27-26-16/h1-8,29H,9-10H2,(H2,26,27,30)(H2,24,25,32,33). The number of phenols is 1. The fourth-order valence-corrected chi connectivity index (χ4v) is 4.49. The van der Waals surface area contributed by atoms with Gasteiger partial charge in [-0.25, -0.2) is 9.89 Å². The second-order valence-electron chi connectivity index (χ2n) is 8.32. The Bertz CT molecular complexity index is 1520. The van der Waals surface area contributed by atoms with Gasteiger partial charge in [-0.15, -0.1) is 0 Å². The molecule has 0 saturated carbocycles. The molecule has 0 aliphatic carbocycles. The number of H-pyrrole nitrogens is 1. The first-order chi connectivity index (χ1) is 16.3. The molecule has 0 spiro atoms. The van der Waals surface area contributed by atoms with Crippen LogP contribution in [0.2, 0.25) is 0 Å². The first-order valence-electron chi connectivity index (χ1n) is 10.4. The second-order valence-corrected chi connectivity index (χ2v) is 8.32. The fourth-order valence-electron chi connectivity index (χ4n) is 4.49. The van der Waals surface area contributed by atoms with Gasteiger partial charge >= 0.3 is 6.03 Å². The maximum Gasteiger partial charge on any atom is 0.322 e. The molecular formula is C23H17N5O6. The molecule has 2 aliphatic heterocycles. The van der Waals surface area contributed by atoms with E-state index in [1.54, 1.807) is 30.3 Å². The summed E-state index contributed by atoms with van der Waals surface area (Å²) in [6.07, 6.45) is 0. The number of furan rings is 1. The molecule has 4 aromatic rings. The van der Waals surface area contributed by atoms with Crippen LogP contribution in [0.5, 0.6) is 11.6 Å². The van der Waals surface area contributed by atoms with Crippen LogP contribution < -0.4 is 10.6 Å². The number of nitrogens with one attached hydrogen (secondary N) is 3. The Morgan fingerprint density at radius 3 is 2.65 bits per heavy atom. The maximum absolute atomic E-state index is 13.0. The SMILES string of the molecule is O=C1NC(=O)C(CN2Cc3ccc(O)cc3C2=O)(c2cc3cc(-c4cc(O)[nH]n4)ccc3o2)N1. The third-order valence-electron chi connectivity index (χ3n) is 6.14. The average Bonchev–Trinajstić information content (AvgIpc) is 3.55. The van der Waals surface area contributed by atoms with Gasteiger partial charge in [0.25, 0.3) is 11.8 Å². The number of carbonyl (C=O) groups is 3. The Morgan fingerprint density at radius 1 is 1.06 bits per heavy atom. The van der Waals surface area contributed by atoms with Crippen molar-refractivity contribution in [2.75, 3.05) is 6.54 Å². The number of amides is 4. The largest absolute Gasteiger partial charge is 0.508 e. The molecule has 1 unspecified atom stereocenters. The lowest BCUT2D eigenvalue weighted by Crippen LogP contribution is -2.52. The molecule has 6 rings (SSSR count). The highest BCUT2D eigenvalue weighted by Crippen LogP contribution is 2.36. The highest BCUT2D eigenvalue weighted by atomic mass is 16.3. The number of urea groups is 1. The maximum atomic E-state index is 13.0. The first-order valence-corrected chi connectivity index (χ1v) is 10.4. The van der Waals surface area contributed by atoms with Gasteiger partial charge in [-0.1, -0.05) is 6.07 Å². The normalized spacial score (nSPS) is 19.5. The lowest BCUT2D eigenvalue weighted by Gasteiger charge is -2.29. The van der Waals surface area contributed by atoms with Gasteiger partial charge in [-0.05, 0) is 42.0 Å². The van der Waals surface area contributed by atoms with Crippen LogP contribution >= 0.6 is 0 Å². The average molecular weight is 459 g/mol. The van der Waals surface area contributed by atoms with Crippen LogP contribution in [-0.2, 0) is 16.9 Å². The van der Waals surface area contributed by atoms with Gasteiger partial charge in [0.05, 0.1) is 12.2 Å². The van der Waals surface area contributed by atoms with Gasteiger partial charge in [0.15, 0.2) is 5.54 Å². The number of benzene rings is 2. The van der Waals surface area contributed by atoms with Crippen molar-refractivity contribution in [3.8, 4) is 22.9 Å². The van der Waals surface area contributed by atoms with Crippen LogP contribution in [0.1, 0.15) is 21.7 Å². The molecule has 170 valence electrons. The molecule has 1 atom stereocenters. The molecule has 4 heterocycles. The molecule has 2 aromatic carbocycles. The summed E-state index contributed by atoms with van der Waals surface area (Å²) in [5, 5.41) is 31.3. The van der Waals surface area contributed by atoms with Crippen LogP contribution in [0.25, 0.3) is 22.2 Å². The number of aromatic amines is 1. The summed E-state index contributed by atoms with van der Waals surface area (Å²) in [5.41, 5.74) is 1.10. The summed E-state index contributed by atoms with van der Waals surface area (Å²) >= 11 is 0. The van der Waals surface area contributed by atoms with Gasteiger partial charge in [-0.3, -0.25) is 14.9 Å². The number of nitrogens with zero attached hydrogens (tertiary/aromatic N) is 2. The molecule has 5 N–H and O–H groups in total. The van der Waals surface area contributed by atoms with Crippen molar-refractivity contribution in [3.63, 3.8) is 0 Å². The van der Waals surface area contributed by atoms with E-state index >= 15 is 0 Å². The van der Waals surface area contributed by atoms with Crippen molar-refractivity contribution in [1.29, 1.82) is 0 Å². The highest BCUT2D eigenvalue weighted by molar-refractivity contribution is 6.08. The minimum Gasteiger partial charge on any atom is -0.508 e. The van der Waals surface area contributed by atoms with E-state index in [-0.39, 0.29) is 36.4 Å². The van der Waals surface area contributed by atoms with Crippen molar-refractivity contribution < 1.29 is 29.0 Å². The molecule has 2 aromatic heterocycles. The molecule has 1 fully saturated rings. The van der Waals surface area contributed by atoms with Crippen LogP contribution in [0.4, 0.5) is 4.79 Å². The van der Waals surface area contributed by atoms with E-state index in [0.29, 0.717) is 33.4 Å². The monoisotopic (exact) mass is 459 g/mol. The first kappa shape index (κ1) is 19.9. The number of hydrogen-bond acceptors (Lipinski definition) is 7. The van der Waals surface area contributed by atoms with Crippen molar-refractivity contribution in [3.05, 3.63) is 65.4 Å². The van der Waals surface area contributed by atoms with Crippen molar-refractivity contribution in [2.24, 2.45) is 0 Å². The Morgan fingerprint density at radius 2 is 1.91 bits per heavy atom. The van der Waals surface area contributed by atoms with E-state index in [2.05, 4.69) is 20.8 Å². The zero-order valence-electron chi connectivity index (χ0n) is 17.5. The molecule has 11 heteroatoms. The number of fused-ring (bicyclic) bond motifs is 2. The summed E-state index contributed by atoms with van der Waals surface area (Å²) in [6.45, 7) is 0.0468. The second kappa shape index (κ2) is 6.85. The minimum atomic E-state index is -1.64. The summed E-state index contributed by atoms with van der Waals surface area (Å²) in [6, 6.07) is 12.2. The summed E-state index contributed by atoms with van der Waals surface area (Å²) in [4.78, 5) is 39.6. The van der Waals surface area contributed by atoms with E-state index < -0.39 is 17.5 Å². The van der Waals surface area contributed by atoms with Crippen molar-refractivity contribution in [1.82, 2.24) is 25.7 Å². The summed E-state index contributed by atoms with van der Waals surface area (Å²) < 4.78 is 5.98. The third-order valence-corrected chi connectivity index (χ3v) is 6.14. The quantitative estimate of drug-likeness (QED) is 0.291. The Hall–Kier alpha value is -4.80. The number of carbonyl (C=O) groups excluding carboxylic acids is 3. The third kappa shape index (κ3) is 2.90. The van der Waals surface area contributed by atoms with Gasteiger partial charge in [0.1, 0.15) is 17.1 Å². The Balaban J connectivity index is 1.40. The number of hydrogen-bond donors (Lipinski definition) is 5. The zero-order chi connectivity index (χ0) is 23.6. The molecule has 1 saturated heterocycles. The lowest BCUT2D eigenvalue weighted by molar-refractivity contribution is -0.125. The summed E-state index contributed by atoms with van der Waals surface area (Å²) in [7, 11) is 0. The molecule has 4 amide bonds. The lowest BCUT2D eigenvalue weighted by atomic mass is 9.95. The van der Waals surface area contributed by atoms with E-state index in [1.807, 2.05) is 0 Å². The van der Waals surface area contributed by atoms with Gasteiger partial charge in [0, 0.05) is 29.1 Å². The molecule has 0 bridgehead atoms. The molecular weight excluding hydrogens is 442 g/mol. The van der Waals surface area contributed by atoms with Gasteiger partial charge in [0.2, 0.25) is 5.88 Å². The number of rotatable bonds is 4. The highest BCUT2D eigenvalue weighted by Gasteiger charge is 2.53. The van der Waals surface area contributed by atoms with E-state index in [1.165, 1.54) is 23.1 Å². The van der Waals surface area contributed by atoms with Crippen LogP contribution in [0.3, 0.4) is 0 Å². The Labute approximate surface area is 191 Å². The summed E-state index contributed by atoms with van der Waals surface area (Å²) in [5.74, 6) is -0.943. The predicted molar refractivity (Wildman–Crippen MR) is 117 cm³/mol. The van der Waals surface area contributed by atoms with Crippen LogP contribution in [0, 0.1) is 0 Å². The molecule has 2 aliphatic rings. The van der Waals surface area contributed by atoms with Crippen LogP contribution in [-0.4, -0.2) is 49.7 Å². The van der Waals surface area contributed by atoms with Crippen molar-refractivity contribution in [2.45, 2.75) is 12.1 Å². The van der Waals surface area contributed by atoms with E-state index in [9.17, 15) is 24.6 Å². The Kier molecular flexibility index (Phi) is 4.00. The van der Waals surface area contributed by atoms with Crippen molar-refractivity contribution >= 4 is 28.8 Å². The van der Waals surface area contributed by atoms with Gasteiger partial charge in [-0.2, -0.15) is 5.10 Å². The smallest absolute Gasteiger partial charge is 0.322 e. The van der Waals surface area contributed by atoms with E-state index in [0.717, 1.165) is 0 Å². The van der Waals surface area contributed by atoms with Gasteiger partial charge < -0.3 is 24.8 Å². The predicted octanol–water partition coefficient (Wildman–Crippen LogP) is 1.92.